The summed E-state index contributed by atoms with van der Waals surface area (Å²) in [6, 6.07) is 3.99. The normalized spacial score (nSPS) is 13.8. The highest BCUT2D eigenvalue weighted by molar-refractivity contribution is 5.97. The first-order valence-electron chi connectivity index (χ1n) is 6.06. The number of hydrogen-bond acceptors (Lipinski definition) is 4. The van der Waals surface area contributed by atoms with Crippen molar-refractivity contribution < 1.29 is 5.21 Å². The molecule has 5 nitrogen and oxygen atoms in total. The lowest BCUT2D eigenvalue weighted by Gasteiger charge is -2.29. The van der Waals surface area contributed by atoms with E-state index in [4.69, 9.17) is 10.9 Å². The number of nitrogens with two attached hydrogens (primary N) is 1. The van der Waals surface area contributed by atoms with Crippen molar-refractivity contribution in [2.24, 2.45) is 16.8 Å². The van der Waals surface area contributed by atoms with E-state index in [0.29, 0.717) is 17.5 Å². The Morgan fingerprint density at radius 2 is 2.00 bits per heavy atom. The lowest BCUT2D eigenvalue weighted by Crippen LogP contribution is -2.34. The molecule has 0 radical (unpaired) electrons. The fraction of sp³-hybridized carbons (Fsp3) is 0.538. The first kappa shape index (κ1) is 14.3. The van der Waals surface area contributed by atoms with Gasteiger partial charge in [-0.05, 0) is 31.9 Å². The van der Waals surface area contributed by atoms with Crippen molar-refractivity contribution in [2.45, 2.75) is 33.7 Å². The van der Waals surface area contributed by atoms with Gasteiger partial charge in [-0.15, -0.1) is 0 Å². The fourth-order valence-electron chi connectivity index (χ4n) is 1.69. The molecular formula is C13H22N4O. The van der Waals surface area contributed by atoms with Crippen LogP contribution in [0.2, 0.25) is 0 Å². The molecule has 0 aromatic carbocycles. The van der Waals surface area contributed by atoms with E-state index < -0.39 is 0 Å². The van der Waals surface area contributed by atoms with Crippen LogP contribution in [0.1, 0.15) is 32.0 Å². The first-order chi connectivity index (χ1) is 8.36. The van der Waals surface area contributed by atoms with Crippen molar-refractivity contribution in [1.29, 1.82) is 0 Å². The topological polar surface area (TPSA) is 74.7 Å². The Hall–Kier alpha value is -1.78. The molecule has 0 amide bonds. The number of oxime groups is 1. The maximum Gasteiger partial charge on any atom is 0.170 e. The van der Waals surface area contributed by atoms with Crippen LogP contribution in [-0.4, -0.2) is 29.1 Å². The number of amidine groups is 1. The molecule has 0 saturated heterocycles. The van der Waals surface area contributed by atoms with Gasteiger partial charge in [-0.25, -0.2) is 4.98 Å². The number of aryl methyl sites for hydroxylation is 1. The molecule has 1 rings (SSSR count). The fourth-order valence-corrected chi connectivity index (χ4v) is 1.69. The van der Waals surface area contributed by atoms with Gasteiger partial charge in [0.2, 0.25) is 0 Å². The second-order valence-corrected chi connectivity index (χ2v) is 4.94. The van der Waals surface area contributed by atoms with E-state index in [1.165, 1.54) is 0 Å². The molecule has 18 heavy (non-hydrogen) atoms. The van der Waals surface area contributed by atoms with Gasteiger partial charge in [-0.1, -0.05) is 19.0 Å². The molecule has 100 valence electrons. The molecule has 5 heteroatoms. The van der Waals surface area contributed by atoms with Crippen molar-refractivity contribution in [3.8, 4) is 0 Å². The summed E-state index contributed by atoms with van der Waals surface area (Å²) in [5.74, 6) is 1.45. The minimum Gasteiger partial charge on any atom is -0.409 e. The maximum atomic E-state index is 8.73. The van der Waals surface area contributed by atoms with Gasteiger partial charge >= 0.3 is 0 Å². The van der Waals surface area contributed by atoms with Gasteiger partial charge in [0.25, 0.3) is 0 Å². The molecule has 0 saturated carbocycles. The van der Waals surface area contributed by atoms with E-state index in [0.717, 1.165) is 11.5 Å². The van der Waals surface area contributed by atoms with Gasteiger partial charge in [-0.2, -0.15) is 0 Å². The van der Waals surface area contributed by atoms with Gasteiger partial charge in [0.1, 0.15) is 5.82 Å². The van der Waals surface area contributed by atoms with Gasteiger partial charge in [0, 0.05) is 24.3 Å². The second kappa shape index (κ2) is 5.71. The summed E-state index contributed by atoms with van der Waals surface area (Å²) >= 11 is 0. The summed E-state index contributed by atoms with van der Waals surface area (Å²) in [4.78, 5) is 6.59. The highest BCUT2D eigenvalue weighted by atomic mass is 16.4. The number of aromatic nitrogens is 1. The van der Waals surface area contributed by atoms with Gasteiger partial charge in [0.05, 0.1) is 0 Å². The minimum atomic E-state index is 0.104. The predicted octanol–water partition coefficient (Wildman–Crippen LogP) is 1.97. The van der Waals surface area contributed by atoms with E-state index >= 15 is 0 Å². The average molecular weight is 250 g/mol. The third-order valence-electron chi connectivity index (χ3n) is 3.28. The number of nitrogens with zero attached hydrogens (tertiary/aromatic N) is 3. The van der Waals surface area contributed by atoms with Crippen molar-refractivity contribution in [1.82, 2.24) is 4.98 Å². The summed E-state index contributed by atoms with van der Waals surface area (Å²) < 4.78 is 0. The Morgan fingerprint density at radius 1 is 1.39 bits per heavy atom. The highest BCUT2D eigenvalue weighted by Gasteiger charge is 2.16. The van der Waals surface area contributed by atoms with Crippen LogP contribution in [0, 0.1) is 12.8 Å². The molecule has 3 N–H and O–H groups in total. The summed E-state index contributed by atoms with van der Waals surface area (Å²) in [5.41, 5.74) is 7.15. The van der Waals surface area contributed by atoms with E-state index in [-0.39, 0.29) is 5.84 Å². The lowest BCUT2D eigenvalue weighted by atomic mass is 10.1. The summed E-state index contributed by atoms with van der Waals surface area (Å²) in [6.45, 7) is 8.38. The van der Waals surface area contributed by atoms with E-state index in [9.17, 15) is 0 Å². The smallest absolute Gasteiger partial charge is 0.170 e. The van der Waals surface area contributed by atoms with Crippen LogP contribution in [0.5, 0.6) is 0 Å². The van der Waals surface area contributed by atoms with Crippen LogP contribution >= 0.6 is 0 Å². The second-order valence-electron chi connectivity index (χ2n) is 4.94. The molecule has 0 aliphatic rings. The van der Waals surface area contributed by atoms with Crippen LogP contribution in [0.4, 0.5) is 5.82 Å². The van der Waals surface area contributed by atoms with E-state index in [1.54, 1.807) is 6.07 Å². The van der Waals surface area contributed by atoms with Crippen molar-refractivity contribution in [3.63, 3.8) is 0 Å². The quantitative estimate of drug-likeness (QED) is 0.371. The Bertz CT molecular complexity index is 443. The van der Waals surface area contributed by atoms with Gasteiger partial charge in [-0.3, -0.25) is 0 Å². The Kier molecular flexibility index (Phi) is 4.53. The van der Waals surface area contributed by atoms with Gasteiger partial charge in [0.15, 0.2) is 5.84 Å². The van der Waals surface area contributed by atoms with Crippen LogP contribution in [0.25, 0.3) is 0 Å². The first-order valence-corrected chi connectivity index (χ1v) is 6.06. The monoisotopic (exact) mass is 250 g/mol. The van der Waals surface area contributed by atoms with Crippen molar-refractivity contribution in [2.75, 3.05) is 11.9 Å². The van der Waals surface area contributed by atoms with Crippen LogP contribution < -0.4 is 10.6 Å². The molecule has 0 spiro atoms. The zero-order valence-electron chi connectivity index (χ0n) is 11.7. The van der Waals surface area contributed by atoms with E-state index in [1.807, 2.05) is 20.0 Å². The third-order valence-corrected chi connectivity index (χ3v) is 3.28. The molecule has 1 atom stereocenters. The summed E-state index contributed by atoms with van der Waals surface area (Å²) in [7, 11) is 2.00. The Morgan fingerprint density at radius 3 is 2.50 bits per heavy atom. The molecule has 0 bridgehead atoms. The van der Waals surface area contributed by atoms with Crippen LogP contribution in [-0.2, 0) is 0 Å². The highest BCUT2D eigenvalue weighted by Crippen LogP contribution is 2.19. The molecule has 1 aromatic rings. The van der Waals surface area contributed by atoms with E-state index in [2.05, 4.69) is 35.8 Å². The number of pyridine rings is 1. The van der Waals surface area contributed by atoms with Crippen molar-refractivity contribution >= 4 is 11.7 Å². The third kappa shape index (κ3) is 3.12. The lowest BCUT2D eigenvalue weighted by molar-refractivity contribution is 0.318. The molecule has 0 fully saturated rings. The molecule has 0 aliphatic carbocycles. The Balaban J connectivity index is 3.14. The molecule has 1 heterocycles. The predicted molar refractivity (Wildman–Crippen MR) is 74.2 cm³/mol. The van der Waals surface area contributed by atoms with Crippen LogP contribution in [0.3, 0.4) is 0 Å². The number of anilines is 1. The zero-order valence-corrected chi connectivity index (χ0v) is 11.7. The number of rotatable bonds is 4. The standard InChI is InChI=1S/C13H22N4O/c1-8(2)10(4)17(5)12-7-11(13(14)16-18)6-9(3)15-12/h6-8,10,18H,1-5H3,(H2,14,16). The van der Waals surface area contributed by atoms with Gasteiger partial charge < -0.3 is 15.8 Å². The maximum absolute atomic E-state index is 8.73. The SMILES string of the molecule is Cc1cc(/C(N)=N/O)cc(N(C)C(C)C(C)C)n1. The molecule has 1 unspecified atom stereocenters. The Labute approximate surface area is 108 Å². The largest absolute Gasteiger partial charge is 0.409 e. The number of hydrogen-bond donors (Lipinski definition) is 2. The average Bonchev–Trinajstić information content (AvgIpc) is 2.34. The minimum absolute atomic E-state index is 0.104. The summed E-state index contributed by atoms with van der Waals surface area (Å²) in [5, 5.41) is 11.8. The molecular weight excluding hydrogens is 228 g/mol. The summed E-state index contributed by atoms with van der Waals surface area (Å²) in [6.07, 6.45) is 0. The van der Waals surface area contributed by atoms with Crippen molar-refractivity contribution in [3.05, 3.63) is 23.4 Å². The van der Waals surface area contributed by atoms with Crippen LogP contribution in [0.15, 0.2) is 17.3 Å². The zero-order chi connectivity index (χ0) is 13.9. The molecule has 0 aliphatic heterocycles. The molecule has 1 aromatic heterocycles.